The molecule has 0 aliphatic heterocycles. The Bertz CT molecular complexity index is 727. The third-order valence-corrected chi connectivity index (χ3v) is 5.48. The molecule has 1 aliphatic carbocycles. The first-order valence-electron chi connectivity index (χ1n) is 7.78. The molecule has 1 amide bonds. The van der Waals surface area contributed by atoms with Gasteiger partial charge in [-0.15, -0.1) is 0 Å². The zero-order valence-electron chi connectivity index (χ0n) is 13.1. The lowest BCUT2D eigenvalue weighted by Crippen LogP contribution is -2.49. The first kappa shape index (κ1) is 16.2. The van der Waals surface area contributed by atoms with Gasteiger partial charge in [-0.1, -0.05) is 52.7 Å². The van der Waals surface area contributed by atoms with Crippen molar-refractivity contribution in [2.24, 2.45) is 0 Å². The van der Waals surface area contributed by atoms with E-state index in [0.717, 1.165) is 34.9 Å². The third kappa shape index (κ3) is 3.05. The predicted octanol–water partition coefficient (Wildman–Crippen LogP) is 4.67. The van der Waals surface area contributed by atoms with Gasteiger partial charge in [0, 0.05) is 18.1 Å². The van der Waals surface area contributed by atoms with Crippen LogP contribution in [-0.4, -0.2) is 17.9 Å². The van der Waals surface area contributed by atoms with Crippen LogP contribution in [0.5, 0.6) is 0 Å². The number of carbonyl (C=O) groups excluding carboxylic acids is 1. The quantitative estimate of drug-likeness (QED) is 0.760. The van der Waals surface area contributed by atoms with E-state index in [9.17, 15) is 9.18 Å². The first-order valence-corrected chi connectivity index (χ1v) is 8.57. The Morgan fingerprint density at radius 3 is 2.57 bits per heavy atom. The lowest BCUT2D eigenvalue weighted by Gasteiger charge is -2.43. The Kier molecular flexibility index (Phi) is 4.53. The van der Waals surface area contributed by atoms with Gasteiger partial charge in [-0.2, -0.15) is 0 Å². The molecule has 0 aromatic heterocycles. The molecule has 120 valence electrons. The number of likely N-dealkylation sites (N-methyl/N-ethyl adjacent to an activating group) is 1. The average molecular weight is 376 g/mol. The minimum atomic E-state index is -0.557. The standard InChI is InChI=1S/C19H19BrFNO/c1-22(13-14-6-2-3-9-17(14)20)18(23)19(10-5-11-19)15-7-4-8-16(21)12-15/h2-4,6-9,12H,5,10-11,13H2,1H3. The summed E-state index contributed by atoms with van der Waals surface area (Å²) in [5.41, 5.74) is 1.31. The Hall–Kier alpha value is -1.68. The molecule has 0 bridgehead atoms. The fourth-order valence-electron chi connectivity index (χ4n) is 3.26. The van der Waals surface area contributed by atoms with Crippen LogP contribution in [0.25, 0.3) is 0 Å². The number of rotatable bonds is 4. The van der Waals surface area contributed by atoms with E-state index in [4.69, 9.17) is 0 Å². The minimum absolute atomic E-state index is 0.0742. The molecule has 1 aliphatic rings. The largest absolute Gasteiger partial charge is 0.341 e. The molecule has 0 saturated heterocycles. The summed E-state index contributed by atoms with van der Waals surface area (Å²) in [6.07, 6.45) is 2.58. The average Bonchev–Trinajstić information content (AvgIpc) is 2.48. The van der Waals surface area contributed by atoms with Gasteiger partial charge in [-0.3, -0.25) is 4.79 Å². The molecule has 23 heavy (non-hydrogen) atoms. The smallest absolute Gasteiger partial charge is 0.233 e. The van der Waals surface area contributed by atoms with Gasteiger partial charge in [0.2, 0.25) is 5.91 Å². The molecule has 3 rings (SSSR count). The van der Waals surface area contributed by atoms with Crippen LogP contribution in [-0.2, 0) is 16.8 Å². The van der Waals surface area contributed by atoms with Gasteiger partial charge >= 0.3 is 0 Å². The van der Waals surface area contributed by atoms with Gasteiger partial charge in [-0.05, 0) is 42.2 Å². The first-order chi connectivity index (χ1) is 11.0. The molecule has 0 N–H and O–H groups in total. The minimum Gasteiger partial charge on any atom is -0.341 e. The van der Waals surface area contributed by atoms with Crippen molar-refractivity contribution >= 4 is 21.8 Å². The summed E-state index contributed by atoms with van der Waals surface area (Å²) >= 11 is 3.52. The monoisotopic (exact) mass is 375 g/mol. The lowest BCUT2D eigenvalue weighted by atomic mass is 9.63. The SMILES string of the molecule is CN(Cc1ccccc1Br)C(=O)C1(c2cccc(F)c2)CCC1. The van der Waals surface area contributed by atoms with E-state index in [-0.39, 0.29) is 11.7 Å². The molecule has 1 saturated carbocycles. The van der Waals surface area contributed by atoms with Gasteiger partial charge in [0.15, 0.2) is 0 Å². The second-order valence-electron chi connectivity index (χ2n) is 6.20. The molecule has 1 fully saturated rings. The maximum atomic E-state index is 13.6. The molecule has 0 spiro atoms. The van der Waals surface area contributed by atoms with Crippen molar-refractivity contribution in [3.05, 3.63) is 69.9 Å². The van der Waals surface area contributed by atoms with Crippen molar-refractivity contribution in [3.63, 3.8) is 0 Å². The maximum absolute atomic E-state index is 13.6. The number of halogens is 2. The highest BCUT2D eigenvalue weighted by Crippen LogP contribution is 2.45. The van der Waals surface area contributed by atoms with Gasteiger partial charge in [-0.25, -0.2) is 4.39 Å². The molecular formula is C19H19BrFNO. The van der Waals surface area contributed by atoms with Gasteiger partial charge in [0.25, 0.3) is 0 Å². The molecule has 0 radical (unpaired) electrons. The molecule has 4 heteroatoms. The summed E-state index contributed by atoms with van der Waals surface area (Å²) in [7, 11) is 1.82. The van der Waals surface area contributed by atoms with E-state index in [2.05, 4.69) is 15.9 Å². The Labute approximate surface area is 144 Å². The van der Waals surface area contributed by atoms with Crippen molar-refractivity contribution in [2.75, 3.05) is 7.05 Å². The molecule has 2 aromatic carbocycles. The van der Waals surface area contributed by atoms with E-state index in [0.29, 0.717) is 6.54 Å². The third-order valence-electron chi connectivity index (χ3n) is 4.71. The van der Waals surface area contributed by atoms with Gasteiger partial charge in [0.05, 0.1) is 5.41 Å². The highest BCUT2D eigenvalue weighted by atomic mass is 79.9. The summed E-state index contributed by atoms with van der Waals surface area (Å²) in [6.45, 7) is 0.539. The number of amides is 1. The second-order valence-corrected chi connectivity index (χ2v) is 7.05. The van der Waals surface area contributed by atoms with Crippen LogP contribution in [0.2, 0.25) is 0 Å². The second kappa shape index (κ2) is 6.44. The normalized spacial score (nSPS) is 15.8. The van der Waals surface area contributed by atoms with Gasteiger partial charge in [0.1, 0.15) is 5.82 Å². The van der Waals surface area contributed by atoms with E-state index < -0.39 is 5.41 Å². The molecular weight excluding hydrogens is 357 g/mol. The fourth-order valence-corrected chi connectivity index (χ4v) is 3.67. The van der Waals surface area contributed by atoms with E-state index in [1.165, 1.54) is 12.1 Å². The Morgan fingerprint density at radius 1 is 1.22 bits per heavy atom. The van der Waals surface area contributed by atoms with Crippen LogP contribution in [0.4, 0.5) is 4.39 Å². The molecule has 0 heterocycles. The molecule has 2 aromatic rings. The van der Waals surface area contributed by atoms with Gasteiger partial charge < -0.3 is 4.90 Å². The molecule has 0 unspecified atom stereocenters. The van der Waals surface area contributed by atoms with Crippen LogP contribution < -0.4 is 0 Å². The van der Waals surface area contributed by atoms with Crippen LogP contribution in [0.3, 0.4) is 0 Å². The maximum Gasteiger partial charge on any atom is 0.233 e. The number of hydrogen-bond acceptors (Lipinski definition) is 1. The summed E-state index contributed by atoms with van der Waals surface area (Å²) in [5.74, 6) is -0.208. The summed E-state index contributed by atoms with van der Waals surface area (Å²) < 4.78 is 14.6. The van der Waals surface area contributed by atoms with Crippen LogP contribution in [0, 0.1) is 5.82 Å². The Morgan fingerprint density at radius 2 is 1.96 bits per heavy atom. The lowest BCUT2D eigenvalue weighted by molar-refractivity contribution is -0.140. The number of nitrogens with zero attached hydrogens (tertiary/aromatic N) is 1. The zero-order chi connectivity index (χ0) is 16.4. The molecule has 2 nitrogen and oxygen atoms in total. The number of benzene rings is 2. The fraction of sp³-hybridized carbons (Fsp3) is 0.316. The van der Waals surface area contributed by atoms with Crippen LogP contribution in [0.1, 0.15) is 30.4 Å². The zero-order valence-corrected chi connectivity index (χ0v) is 14.6. The van der Waals surface area contributed by atoms with E-state index in [1.807, 2.05) is 37.4 Å². The van der Waals surface area contributed by atoms with Crippen molar-refractivity contribution in [1.29, 1.82) is 0 Å². The van der Waals surface area contributed by atoms with Crippen molar-refractivity contribution in [2.45, 2.75) is 31.2 Å². The highest BCUT2D eigenvalue weighted by Gasteiger charge is 2.47. The van der Waals surface area contributed by atoms with Crippen LogP contribution >= 0.6 is 15.9 Å². The molecule has 0 atom stereocenters. The number of hydrogen-bond donors (Lipinski definition) is 0. The number of carbonyl (C=O) groups is 1. The van der Waals surface area contributed by atoms with Crippen LogP contribution in [0.15, 0.2) is 53.0 Å². The van der Waals surface area contributed by atoms with E-state index >= 15 is 0 Å². The highest BCUT2D eigenvalue weighted by molar-refractivity contribution is 9.10. The Balaban J connectivity index is 1.84. The van der Waals surface area contributed by atoms with Crippen molar-refractivity contribution in [1.82, 2.24) is 4.90 Å². The summed E-state index contributed by atoms with van der Waals surface area (Å²) in [4.78, 5) is 14.8. The predicted molar refractivity (Wildman–Crippen MR) is 92.5 cm³/mol. The van der Waals surface area contributed by atoms with Crippen molar-refractivity contribution < 1.29 is 9.18 Å². The summed E-state index contributed by atoms with van der Waals surface area (Å²) in [6, 6.07) is 14.4. The topological polar surface area (TPSA) is 20.3 Å². The van der Waals surface area contributed by atoms with E-state index in [1.54, 1.807) is 11.0 Å². The van der Waals surface area contributed by atoms with Crippen molar-refractivity contribution in [3.8, 4) is 0 Å². The summed E-state index contributed by atoms with van der Waals surface area (Å²) in [5, 5.41) is 0.